The molecule has 0 atom stereocenters. The highest BCUT2D eigenvalue weighted by Crippen LogP contribution is 2.05. The Kier molecular flexibility index (Phi) is 3.33. The van der Waals surface area contributed by atoms with Crippen LogP contribution >= 0.6 is 11.3 Å². The smallest absolute Gasteiger partial charge is 0.0674 e. The molecule has 1 aromatic heterocycles. The Morgan fingerprint density at radius 1 is 1.45 bits per heavy atom. The molecule has 0 unspecified atom stereocenters. The fourth-order valence-electron chi connectivity index (χ4n) is 0.944. The largest absolute Gasteiger partial charge is 0.153 e. The van der Waals surface area contributed by atoms with E-state index in [9.17, 15) is 0 Å². The third-order valence-corrected chi connectivity index (χ3v) is 4.73. The molecule has 1 aromatic rings. The molecule has 58 valence electrons. The first kappa shape index (κ1) is 8.49. The Bertz CT molecular complexity index is 218. The molecule has 0 aliphatic carbocycles. The molecule has 0 saturated heterocycles. The standard InChI is InChI=1S/C9H12SSi/c1-3-8(4-2)11-9-5-6-10-7-9/h3-8H,1-2,11H2. The van der Waals surface area contributed by atoms with Crippen LogP contribution in [0.5, 0.6) is 0 Å². The van der Waals surface area contributed by atoms with Crippen molar-refractivity contribution in [1.82, 2.24) is 0 Å². The van der Waals surface area contributed by atoms with Gasteiger partial charge in [-0.05, 0) is 16.3 Å². The SMILES string of the molecule is C=CC(C=C)[SiH2]c1ccsc1. The van der Waals surface area contributed by atoms with Crippen LogP contribution in [0.4, 0.5) is 0 Å². The van der Waals surface area contributed by atoms with Gasteiger partial charge in [0, 0.05) is 0 Å². The molecule has 0 bridgehead atoms. The lowest BCUT2D eigenvalue weighted by Gasteiger charge is -2.01. The molecule has 0 N–H and O–H groups in total. The normalized spacial score (nSPS) is 11.0. The van der Waals surface area contributed by atoms with Crippen molar-refractivity contribution < 1.29 is 0 Å². The maximum atomic E-state index is 3.78. The molecule has 0 aromatic carbocycles. The van der Waals surface area contributed by atoms with Crippen molar-refractivity contribution in [2.45, 2.75) is 5.54 Å². The van der Waals surface area contributed by atoms with Gasteiger partial charge in [-0.15, -0.1) is 13.2 Å². The average Bonchev–Trinajstić information content (AvgIpc) is 2.52. The van der Waals surface area contributed by atoms with Gasteiger partial charge in [-0.1, -0.05) is 23.4 Å². The van der Waals surface area contributed by atoms with Crippen molar-refractivity contribution in [1.29, 1.82) is 0 Å². The van der Waals surface area contributed by atoms with Gasteiger partial charge >= 0.3 is 0 Å². The van der Waals surface area contributed by atoms with Gasteiger partial charge < -0.3 is 0 Å². The second-order valence-corrected chi connectivity index (χ2v) is 5.42. The van der Waals surface area contributed by atoms with Crippen LogP contribution in [0, 0.1) is 0 Å². The van der Waals surface area contributed by atoms with E-state index in [-0.39, 0.29) is 9.52 Å². The van der Waals surface area contributed by atoms with Crippen LogP contribution in [0.2, 0.25) is 5.54 Å². The maximum absolute atomic E-state index is 3.78. The van der Waals surface area contributed by atoms with Gasteiger partial charge in [0.1, 0.15) is 0 Å². The molecular formula is C9H12SSi. The summed E-state index contributed by atoms with van der Waals surface area (Å²) in [6, 6.07) is 2.21. The molecule has 11 heavy (non-hydrogen) atoms. The van der Waals surface area contributed by atoms with Gasteiger partial charge in [0.15, 0.2) is 0 Å². The molecule has 1 heterocycles. The zero-order valence-electron chi connectivity index (χ0n) is 6.49. The van der Waals surface area contributed by atoms with Crippen LogP contribution in [0.15, 0.2) is 42.1 Å². The molecule has 0 amide bonds. The van der Waals surface area contributed by atoms with E-state index in [0.717, 1.165) is 0 Å². The number of hydrogen-bond acceptors (Lipinski definition) is 1. The summed E-state index contributed by atoms with van der Waals surface area (Å²) in [6.07, 6.45) is 3.99. The summed E-state index contributed by atoms with van der Waals surface area (Å²) in [7, 11) is -0.181. The summed E-state index contributed by atoms with van der Waals surface area (Å²) in [5.41, 5.74) is 0.560. The molecule has 1 rings (SSSR count). The predicted octanol–water partition coefficient (Wildman–Crippen LogP) is 1.70. The van der Waals surface area contributed by atoms with Crippen LogP contribution in [0.3, 0.4) is 0 Å². The minimum absolute atomic E-state index is 0.181. The fourth-order valence-corrected chi connectivity index (χ4v) is 3.51. The molecule has 0 radical (unpaired) electrons. The van der Waals surface area contributed by atoms with Crippen molar-refractivity contribution >= 4 is 26.0 Å². The zero-order chi connectivity index (χ0) is 8.10. The van der Waals surface area contributed by atoms with Gasteiger partial charge in [-0.2, -0.15) is 11.3 Å². The molecule has 2 heteroatoms. The Morgan fingerprint density at radius 3 is 2.64 bits per heavy atom. The lowest BCUT2D eigenvalue weighted by atomic mass is 10.4. The van der Waals surface area contributed by atoms with Crippen LogP contribution in [-0.4, -0.2) is 9.52 Å². The van der Waals surface area contributed by atoms with E-state index in [0.29, 0.717) is 5.54 Å². The van der Waals surface area contributed by atoms with E-state index in [2.05, 4.69) is 30.0 Å². The summed E-state index contributed by atoms with van der Waals surface area (Å²) < 4.78 is 0. The second-order valence-electron chi connectivity index (χ2n) is 2.47. The minimum Gasteiger partial charge on any atom is -0.153 e. The highest BCUT2D eigenvalue weighted by atomic mass is 32.1. The van der Waals surface area contributed by atoms with Crippen LogP contribution < -0.4 is 5.19 Å². The van der Waals surface area contributed by atoms with E-state index in [1.54, 1.807) is 11.3 Å². The van der Waals surface area contributed by atoms with E-state index in [4.69, 9.17) is 0 Å². The Morgan fingerprint density at radius 2 is 2.18 bits per heavy atom. The van der Waals surface area contributed by atoms with Gasteiger partial charge in [0.05, 0.1) is 9.52 Å². The number of allylic oxidation sites excluding steroid dienone is 2. The Balaban J connectivity index is 2.54. The van der Waals surface area contributed by atoms with Crippen LogP contribution in [0.25, 0.3) is 0 Å². The third kappa shape index (κ3) is 2.48. The van der Waals surface area contributed by atoms with Crippen molar-refractivity contribution in [3.63, 3.8) is 0 Å². The minimum atomic E-state index is -0.181. The average molecular weight is 180 g/mol. The fraction of sp³-hybridized carbons (Fsp3) is 0.111. The van der Waals surface area contributed by atoms with Gasteiger partial charge in [-0.25, -0.2) is 0 Å². The molecule has 0 fully saturated rings. The monoisotopic (exact) mass is 180 g/mol. The molecule has 0 nitrogen and oxygen atoms in total. The van der Waals surface area contributed by atoms with Crippen molar-refractivity contribution in [2.75, 3.05) is 0 Å². The summed E-state index contributed by atoms with van der Waals surface area (Å²) in [5.74, 6) is 0. The molecule has 0 aliphatic heterocycles. The van der Waals surface area contributed by atoms with E-state index in [1.807, 2.05) is 12.2 Å². The first-order valence-electron chi connectivity index (χ1n) is 3.63. The summed E-state index contributed by atoms with van der Waals surface area (Å²) >= 11 is 1.77. The topological polar surface area (TPSA) is 0 Å². The number of hydrogen-bond donors (Lipinski definition) is 0. The molecule has 0 aliphatic rings. The van der Waals surface area contributed by atoms with Gasteiger partial charge in [-0.3, -0.25) is 0 Å². The lowest BCUT2D eigenvalue weighted by molar-refractivity contribution is 1.38. The third-order valence-electron chi connectivity index (χ3n) is 1.66. The van der Waals surface area contributed by atoms with Gasteiger partial charge in [0.25, 0.3) is 0 Å². The van der Waals surface area contributed by atoms with Crippen LogP contribution in [-0.2, 0) is 0 Å². The first-order valence-corrected chi connectivity index (χ1v) is 6.09. The van der Waals surface area contributed by atoms with Gasteiger partial charge in [0.2, 0.25) is 0 Å². The molecule has 0 spiro atoms. The highest BCUT2D eigenvalue weighted by molar-refractivity contribution is 7.09. The number of thiophene rings is 1. The first-order chi connectivity index (χ1) is 5.36. The molecular weight excluding hydrogens is 168 g/mol. The van der Waals surface area contributed by atoms with Crippen molar-refractivity contribution in [3.8, 4) is 0 Å². The Labute approximate surface area is 74.1 Å². The van der Waals surface area contributed by atoms with Crippen LogP contribution in [0.1, 0.15) is 0 Å². The molecule has 0 saturated carbocycles. The Hall–Kier alpha value is -0.603. The lowest BCUT2D eigenvalue weighted by Crippen LogP contribution is -2.14. The van der Waals surface area contributed by atoms with Crippen molar-refractivity contribution in [3.05, 3.63) is 42.1 Å². The predicted molar refractivity (Wildman–Crippen MR) is 56.6 cm³/mol. The maximum Gasteiger partial charge on any atom is 0.0674 e. The summed E-state index contributed by atoms with van der Waals surface area (Å²) in [6.45, 7) is 7.56. The summed E-state index contributed by atoms with van der Waals surface area (Å²) in [5, 5.41) is 5.87. The second kappa shape index (κ2) is 4.31. The highest BCUT2D eigenvalue weighted by Gasteiger charge is 2.00. The number of rotatable bonds is 4. The quantitative estimate of drug-likeness (QED) is 0.489. The zero-order valence-corrected chi connectivity index (χ0v) is 8.72. The summed E-state index contributed by atoms with van der Waals surface area (Å²) in [4.78, 5) is 0. The van der Waals surface area contributed by atoms with E-state index >= 15 is 0 Å². The van der Waals surface area contributed by atoms with Crippen molar-refractivity contribution in [2.24, 2.45) is 0 Å². The van der Waals surface area contributed by atoms with E-state index in [1.165, 1.54) is 5.19 Å². The van der Waals surface area contributed by atoms with E-state index < -0.39 is 0 Å².